The van der Waals surface area contributed by atoms with Crippen LogP contribution >= 0.6 is 0 Å². The Hall–Kier alpha value is -0.120. The summed E-state index contributed by atoms with van der Waals surface area (Å²) in [5, 5.41) is 3.62. The molecule has 2 aliphatic rings. The predicted octanol–water partition coefficient (Wildman–Crippen LogP) is 1.79. The summed E-state index contributed by atoms with van der Waals surface area (Å²) in [6.45, 7) is 16.7. The molecule has 2 saturated heterocycles. The molecule has 2 atom stereocenters. The quantitative estimate of drug-likeness (QED) is 0.824. The van der Waals surface area contributed by atoms with Gasteiger partial charge in [0.2, 0.25) is 0 Å². The molecule has 2 heterocycles. The third kappa shape index (κ3) is 4.22. The van der Waals surface area contributed by atoms with Crippen LogP contribution in [-0.2, 0) is 0 Å². The summed E-state index contributed by atoms with van der Waals surface area (Å²) in [6.07, 6.45) is 2.84. The van der Waals surface area contributed by atoms with Gasteiger partial charge in [0.1, 0.15) is 0 Å². The Kier molecular flexibility index (Phi) is 4.68. The minimum absolute atomic E-state index is 0.248. The van der Waals surface area contributed by atoms with Gasteiger partial charge >= 0.3 is 0 Å². The largest absolute Gasteiger partial charge is 0.312 e. The highest BCUT2D eigenvalue weighted by molar-refractivity contribution is 4.87. The van der Waals surface area contributed by atoms with Crippen molar-refractivity contribution in [3.05, 3.63) is 0 Å². The Morgan fingerprint density at radius 2 is 2.00 bits per heavy atom. The monoisotopic (exact) mass is 253 g/mol. The Balaban J connectivity index is 1.69. The second kappa shape index (κ2) is 5.89. The zero-order chi connectivity index (χ0) is 13.2. The molecule has 0 bridgehead atoms. The van der Waals surface area contributed by atoms with Crippen molar-refractivity contribution < 1.29 is 0 Å². The van der Waals surface area contributed by atoms with Gasteiger partial charge in [0.15, 0.2) is 0 Å². The Bertz CT molecular complexity index is 259. The third-order valence-electron chi connectivity index (χ3n) is 4.22. The lowest BCUT2D eigenvalue weighted by atomic mass is 10.1. The predicted molar refractivity (Wildman–Crippen MR) is 78.0 cm³/mol. The van der Waals surface area contributed by atoms with Gasteiger partial charge in [0.25, 0.3) is 0 Å². The summed E-state index contributed by atoms with van der Waals surface area (Å²) >= 11 is 0. The van der Waals surface area contributed by atoms with Crippen molar-refractivity contribution in [2.45, 2.75) is 52.1 Å². The molecular weight excluding hydrogens is 222 g/mol. The van der Waals surface area contributed by atoms with Crippen LogP contribution in [0.3, 0.4) is 0 Å². The Morgan fingerprint density at radius 1 is 1.22 bits per heavy atom. The lowest BCUT2D eigenvalue weighted by Crippen LogP contribution is -2.51. The van der Waals surface area contributed by atoms with Gasteiger partial charge in [-0.25, -0.2) is 0 Å². The van der Waals surface area contributed by atoms with Gasteiger partial charge in [-0.05, 0) is 52.6 Å². The first-order valence-corrected chi connectivity index (χ1v) is 7.65. The smallest absolute Gasteiger partial charge is 0.0224 e. The fraction of sp³-hybridized carbons (Fsp3) is 1.00. The van der Waals surface area contributed by atoms with Crippen molar-refractivity contribution in [2.24, 2.45) is 5.92 Å². The molecule has 3 nitrogen and oxygen atoms in total. The van der Waals surface area contributed by atoms with Crippen LogP contribution in [0.15, 0.2) is 0 Å². The lowest BCUT2D eigenvalue weighted by Gasteiger charge is -2.38. The van der Waals surface area contributed by atoms with E-state index in [9.17, 15) is 0 Å². The van der Waals surface area contributed by atoms with Crippen molar-refractivity contribution in [1.29, 1.82) is 0 Å². The molecule has 2 rings (SSSR count). The molecule has 0 amide bonds. The topological polar surface area (TPSA) is 18.5 Å². The van der Waals surface area contributed by atoms with Crippen LogP contribution in [0.4, 0.5) is 0 Å². The van der Waals surface area contributed by atoms with E-state index in [1.54, 1.807) is 0 Å². The number of nitrogens with one attached hydrogen (secondary N) is 1. The van der Waals surface area contributed by atoms with Crippen LogP contribution in [-0.4, -0.2) is 60.6 Å². The van der Waals surface area contributed by atoms with Crippen LogP contribution in [0.2, 0.25) is 0 Å². The average Bonchev–Trinajstić information content (AvgIpc) is 2.72. The van der Waals surface area contributed by atoms with E-state index in [1.807, 2.05) is 0 Å². The maximum atomic E-state index is 3.62. The molecular formula is C15H31N3. The summed E-state index contributed by atoms with van der Waals surface area (Å²) in [6, 6.07) is 0.863. The van der Waals surface area contributed by atoms with E-state index < -0.39 is 0 Å². The second-order valence-corrected chi connectivity index (χ2v) is 7.33. The van der Waals surface area contributed by atoms with Crippen LogP contribution in [0, 0.1) is 5.92 Å². The van der Waals surface area contributed by atoms with E-state index >= 15 is 0 Å². The minimum atomic E-state index is 0.248. The van der Waals surface area contributed by atoms with Crippen LogP contribution in [0.1, 0.15) is 40.5 Å². The normalized spacial score (nSPS) is 28.3. The molecule has 106 valence electrons. The number of nitrogens with zero attached hydrogens (tertiary/aromatic N) is 2. The first-order valence-electron chi connectivity index (χ1n) is 7.65. The van der Waals surface area contributed by atoms with Gasteiger partial charge in [0.05, 0.1) is 0 Å². The van der Waals surface area contributed by atoms with Crippen molar-refractivity contribution in [3.63, 3.8) is 0 Å². The molecule has 0 aromatic carbocycles. The molecule has 1 N–H and O–H groups in total. The molecule has 0 spiro atoms. The molecule has 0 aliphatic carbocycles. The standard InChI is InChI=1S/C15H31N3/c1-13(10-16-15(2,3)4)11-17-8-9-18-7-5-6-14(18)12-17/h13-14,16H,5-12H2,1-4H3. The van der Waals surface area contributed by atoms with Gasteiger partial charge in [0, 0.05) is 37.8 Å². The molecule has 3 heteroatoms. The molecule has 0 aromatic heterocycles. The summed E-state index contributed by atoms with van der Waals surface area (Å²) in [5.74, 6) is 0.747. The van der Waals surface area contributed by atoms with E-state index in [4.69, 9.17) is 0 Å². The third-order valence-corrected chi connectivity index (χ3v) is 4.22. The van der Waals surface area contributed by atoms with E-state index in [0.717, 1.165) is 18.5 Å². The lowest BCUT2D eigenvalue weighted by molar-refractivity contribution is 0.0927. The minimum Gasteiger partial charge on any atom is -0.312 e. The maximum Gasteiger partial charge on any atom is 0.0224 e. The van der Waals surface area contributed by atoms with Gasteiger partial charge < -0.3 is 10.2 Å². The molecule has 0 radical (unpaired) electrons. The molecule has 0 saturated carbocycles. The fourth-order valence-electron chi connectivity index (χ4n) is 3.21. The summed E-state index contributed by atoms with van der Waals surface area (Å²) < 4.78 is 0. The first-order chi connectivity index (χ1) is 8.44. The SMILES string of the molecule is CC(CNC(C)(C)C)CN1CCN2CCCC2C1. The summed E-state index contributed by atoms with van der Waals surface area (Å²) in [4.78, 5) is 5.37. The first kappa shape index (κ1) is 14.3. The van der Waals surface area contributed by atoms with Crippen molar-refractivity contribution in [1.82, 2.24) is 15.1 Å². The highest BCUT2D eigenvalue weighted by Crippen LogP contribution is 2.21. The fourth-order valence-corrected chi connectivity index (χ4v) is 3.21. The van der Waals surface area contributed by atoms with E-state index in [0.29, 0.717) is 0 Å². The average molecular weight is 253 g/mol. The Labute approximate surface area is 113 Å². The van der Waals surface area contributed by atoms with Crippen LogP contribution < -0.4 is 5.32 Å². The summed E-state index contributed by atoms with van der Waals surface area (Å²) in [5.41, 5.74) is 0.248. The molecule has 2 aliphatic heterocycles. The maximum absolute atomic E-state index is 3.62. The number of hydrogen-bond donors (Lipinski definition) is 1. The van der Waals surface area contributed by atoms with E-state index in [1.165, 1.54) is 45.6 Å². The molecule has 18 heavy (non-hydrogen) atoms. The highest BCUT2D eigenvalue weighted by atomic mass is 15.3. The van der Waals surface area contributed by atoms with E-state index in [2.05, 4.69) is 42.8 Å². The van der Waals surface area contributed by atoms with E-state index in [-0.39, 0.29) is 5.54 Å². The van der Waals surface area contributed by atoms with Crippen LogP contribution in [0.5, 0.6) is 0 Å². The van der Waals surface area contributed by atoms with Crippen molar-refractivity contribution in [3.8, 4) is 0 Å². The van der Waals surface area contributed by atoms with Crippen molar-refractivity contribution >= 4 is 0 Å². The number of fused-ring (bicyclic) bond motifs is 1. The van der Waals surface area contributed by atoms with Crippen molar-refractivity contribution in [2.75, 3.05) is 39.3 Å². The number of hydrogen-bond acceptors (Lipinski definition) is 3. The highest BCUT2D eigenvalue weighted by Gasteiger charge is 2.30. The second-order valence-electron chi connectivity index (χ2n) is 7.33. The van der Waals surface area contributed by atoms with Gasteiger partial charge in [-0.2, -0.15) is 0 Å². The number of piperazine rings is 1. The zero-order valence-electron chi connectivity index (χ0n) is 12.7. The zero-order valence-corrected chi connectivity index (χ0v) is 12.7. The molecule has 2 unspecified atom stereocenters. The van der Waals surface area contributed by atoms with Gasteiger partial charge in [-0.1, -0.05) is 6.92 Å². The van der Waals surface area contributed by atoms with Gasteiger partial charge in [-0.3, -0.25) is 4.90 Å². The molecule has 0 aromatic rings. The van der Waals surface area contributed by atoms with Crippen LogP contribution in [0.25, 0.3) is 0 Å². The molecule has 2 fully saturated rings. The summed E-state index contributed by atoms with van der Waals surface area (Å²) in [7, 11) is 0. The number of rotatable bonds is 4. The Morgan fingerprint density at radius 3 is 2.72 bits per heavy atom. The van der Waals surface area contributed by atoms with Gasteiger partial charge in [-0.15, -0.1) is 0 Å².